The Morgan fingerprint density at radius 1 is 0.951 bits per heavy atom. The van der Waals surface area contributed by atoms with Gasteiger partial charge in [0.25, 0.3) is 0 Å². The highest BCUT2D eigenvalue weighted by Crippen LogP contribution is 2.49. The Morgan fingerprint density at radius 2 is 1.61 bits per heavy atom. The fraction of sp³-hybridized carbons (Fsp3) is 0.536. The monoisotopic (exact) mass is 588 g/mol. The quantitative estimate of drug-likeness (QED) is 0.154. The third-order valence-electron chi connectivity index (χ3n) is 7.54. The van der Waals surface area contributed by atoms with Crippen LogP contribution in [0.1, 0.15) is 19.8 Å². The van der Waals surface area contributed by atoms with Crippen molar-refractivity contribution in [3.8, 4) is 0 Å². The SMILES string of the molecule is C=CCOC(=O)C1=C(S[C@H]2C[C@@H](CN3CCN(C(=O)OCC=C)CC3=O)N(C(=O)OCC=C)C2)C(C)C2CC(=O)N12. The van der Waals surface area contributed by atoms with Crippen LogP contribution < -0.4 is 0 Å². The fourth-order valence-corrected chi connectivity index (χ4v) is 7.07. The topological polar surface area (TPSA) is 126 Å². The molecule has 0 radical (unpaired) electrons. The first kappa shape index (κ1) is 30.2. The van der Waals surface area contributed by atoms with Crippen molar-refractivity contribution in [2.45, 2.75) is 37.1 Å². The molecule has 4 rings (SSSR count). The molecule has 0 aromatic rings. The van der Waals surface area contributed by atoms with Crippen molar-refractivity contribution in [1.82, 2.24) is 19.6 Å². The van der Waals surface area contributed by atoms with E-state index in [9.17, 15) is 24.0 Å². The highest BCUT2D eigenvalue weighted by Gasteiger charge is 2.53. The minimum Gasteiger partial charge on any atom is -0.457 e. The molecule has 3 fully saturated rings. The van der Waals surface area contributed by atoms with Crippen LogP contribution in [-0.2, 0) is 28.6 Å². The zero-order chi connectivity index (χ0) is 29.7. The van der Waals surface area contributed by atoms with E-state index >= 15 is 0 Å². The van der Waals surface area contributed by atoms with E-state index in [0.29, 0.717) is 32.5 Å². The molecular formula is C28H36N4O8S. The van der Waals surface area contributed by atoms with Gasteiger partial charge in [0, 0.05) is 48.7 Å². The number of fused-ring (bicyclic) bond motifs is 1. The van der Waals surface area contributed by atoms with Crippen LogP contribution in [-0.4, -0.2) is 119 Å². The molecule has 0 aromatic heterocycles. The molecule has 4 heterocycles. The van der Waals surface area contributed by atoms with E-state index in [0.717, 1.165) is 4.91 Å². The smallest absolute Gasteiger partial charge is 0.410 e. The molecule has 4 aliphatic rings. The molecule has 4 aliphatic heterocycles. The molecule has 0 aromatic carbocycles. The van der Waals surface area contributed by atoms with Crippen molar-refractivity contribution in [2.24, 2.45) is 5.92 Å². The molecule has 3 saturated heterocycles. The van der Waals surface area contributed by atoms with Gasteiger partial charge in [0.2, 0.25) is 11.8 Å². The van der Waals surface area contributed by atoms with Gasteiger partial charge in [-0.1, -0.05) is 44.9 Å². The summed E-state index contributed by atoms with van der Waals surface area (Å²) in [6.07, 6.45) is 4.22. The lowest BCUT2D eigenvalue weighted by atomic mass is 9.94. The summed E-state index contributed by atoms with van der Waals surface area (Å²) in [5.41, 5.74) is 0.268. The van der Waals surface area contributed by atoms with Crippen LogP contribution in [0.25, 0.3) is 0 Å². The number of carbonyl (C=O) groups excluding carboxylic acids is 5. The molecule has 0 N–H and O–H groups in total. The molecule has 4 amide bonds. The van der Waals surface area contributed by atoms with Crippen LogP contribution in [0.3, 0.4) is 0 Å². The molecule has 2 unspecified atom stereocenters. The van der Waals surface area contributed by atoms with Crippen LogP contribution in [0, 0.1) is 5.92 Å². The van der Waals surface area contributed by atoms with E-state index in [2.05, 4.69) is 19.7 Å². The molecule has 0 saturated carbocycles. The molecule has 4 atom stereocenters. The van der Waals surface area contributed by atoms with Gasteiger partial charge in [0.05, 0.1) is 12.1 Å². The van der Waals surface area contributed by atoms with Crippen molar-refractivity contribution in [3.63, 3.8) is 0 Å². The van der Waals surface area contributed by atoms with E-state index in [1.165, 1.54) is 39.8 Å². The number of β-lactam (4-membered cyclic amide) rings is 1. The van der Waals surface area contributed by atoms with Gasteiger partial charge >= 0.3 is 18.2 Å². The number of thioether (sulfide) groups is 1. The molecule has 0 aliphatic carbocycles. The lowest BCUT2D eigenvalue weighted by Crippen LogP contribution is -2.55. The van der Waals surface area contributed by atoms with Crippen LogP contribution in [0.5, 0.6) is 0 Å². The number of esters is 1. The third kappa shape index (κ3) is 6.45. The van der Waals surface area contributed by atoms with Gasteiger partial charge < -0.3 is 28.9 Å². The van der Waals surface area contributed by atoms with Gasteiger partial charge in [-0.3, -0.25) is 14.5 Å². The number of nitrogens with zero attached hydrogens (tertiary/aromatic N) is 4. The van der Waals surface area contributed by atoms with Crippen LogP contribution in [0.15, 0.2) is 48.6 Å². The van der Waals surface area contributed by atoms with Crippen molar-refractivity contribution in [1.29, 1.82) is 0 Å². The Bertz CT molecular complexity index is 1160. The summed E-state index contributed by atoms with van der Waals surface area (Å²) in [6, 6.07) is -0.436. The Kier molecular flexibility index (Phi) is 9.79. The normalized spacial score (nSPS) is 25.5. The number of amides is 4. The standard InChI is InChI=1S/C28H36N4O8S/c1-5-10-38-26(35)24-25(18(4)21-14-22(33)32(21)24)41-20-13-19(31(16-20)28(37)40-12-7-3)15-29-8-9-30(17-23(29)34)27(36)39-11-6-2/h5-7,18-21H,1-3,8-17H2,4H3/t18?,19-,20-,21?/m0/s1. The highest BCUT2D eigenvalue weighted by molar-refractivity contribution is 8.03. The molecule has 41 heavy (non-hydrogen) atoms. The maximum absolute atomic E-state index is 13.0. The highest BCUT2D eigenvalue weighted by atomic mass is 32.2. The predicted octanol–water partition coefficient (Wildman–Crippen LogP) is 2.14. The summed E-state index contributed by atoms with van der Waals surface area (Å²) in [5, 5.41) is -0.116. The minimum absolute atomic E-state index is 0.0308. The van der Waals surface area contributed by atoms with Crippen LogP contribution in [0.2, 0.25) is 0 Å². The number of hydrogen-bond acceptors (Lipinski definition) is 9. The van der Waals surface area contributed by atoms with Crippen LogP contribution >= 0.6 is 11.8 Å². The van der Waals surface area contributed by atoms with E-state index in [-0.39, 0.29) is 73.7 Å². The molecular weight excluding hydrogens is 552 g/mol. The average Bonchev–Trinajstić information content (AvgIpc) is 3.45. The molecule has 0 spiro atoms. The summed E-state index contributed by atoms with van der Waals surface area (Å²) in [6.45, 7) is 13.9. The van der Waals surface area contributed by atoms with E-state index in [1.807, 2.05) is 6.92 Å². The van der Waals surface area contributed by atoms with Crippen LogP contribution in [0.4, 0.5) is 9.59 Å². The Hall–Kier alpha value is -3.74. The van der Waals surface area contributed by atoms with E-state index < -0.39 is 18.2 Å². The van der Waals surface area contributed by atoms with Crippen molar-refractivity contribution in [2.75, 3.05) is 52.5 Å². The first-order valence-electron chi connectivity index (χ1n) is 13.6. The number of piperazine rings is 1. The second-order valence-electron chi connectivity index (χ2n) is 10.2. The maximum Gasteiger partial charge on any atom is 0.410 e. The number of carbonyl (C=O) groups is 5. The lowest BCUT2D eigenvalue weighted by Gasteiger charge is -2.37. The average molecular weight is 589 g/mol. The van der Waals surface area contributed by atoms with E-state index in [4.69, 9.17) is 14.2 Å². The zero-order valence-corrected chi connectivity index (χ0v) is 24.0. The van der Waals surface area contributed by atoms with Crippen molar-refractivity contribution >= 4 is 41.7 Å². The summed E-state index contributed by atoms with van der Waals surface area (Å²) in [7, 11) is 0. The van der Waals surface area contributed by atoms with Crippen molar-refractivity contribution < 1.29 is 38.2 Å². The second kappa shape index (κ2) is 13.3. The molecule has 12 nitrogen and oxygen atoms in total. The summed E-state index contributed by atoms with van der Waals surface area (Å²) in [5.74, 6) is -0.987. The Labute approximate surface area is 243 Å². The number of likely N-dealkylation sites (tertiary alicyclic amines) is 1. The van der Waals surface area contributed by atoms with Crippen molar-refractivity contribution in [3.05, 3.63) is 48.6 Å². The number of rotatable bonds is 11. The second-order valence-corrected chi connectivity index (χ2v) is 11.5. The van der Waals surface area contributed by atoms with Gasteiger partial charge in [0.15, 0.2) is 0 Å². The molecule has 0 bridgehead atoms. The third-order valence-corrected chi connectivity index (χ3v) is 9.03. The number of ether oxygens (including phenoxy) is 3. The Morgan fingerprint density at radius 3 is 2.24 bits per heavy atom. The van der Waals surface area contributed by atoms with Gasteiger partial charge in [0.1, 0.15) is 32.1 Å². The predicted molar refractivity (Wildman–Crippen MR) is 150 cm³/mol. The zero-order valence-electron chi connectivity index (χ0n) is 23.2. The number of hydrogen-bond donors (Lipinski definition) is 0. The Balaban J connectivity index is 1.48. The van der Waals surface area contributed by atoms with Gasteiger partial charge in [-0.05, 0) is 6.42 Å². The van der Waals surface area contributed by atoms with Gasteiger partial charge in [-0.15, -0.1) is 11.8 Å². The minimum atomic E-state index is -0.575. The summed E-state index contributed by atoms with van der Waals surface area (Å²) < 4.78 is 15.7. The molecule has 13 heteroatoms. The lowest BCUT2D eigenvalue weighted by molar-refractivity contribution is -0.150. The first-order valence-corrected chi connectivity index (χ1v) is 14.4. The largest absolute Gasteiger partial charge is 0.457 e. The summed E-state index contributed by atoms with van der Waals surface area (Å²) in [4.78, 5) is 70.3. The summed E-state index contributed by atoms with van der Waals surface area (Å²) >= 11 is 1.47. The first-order chi connectivity index (χ1) is 19.7. The fourth-order valence-electron chi connectivity index (χ4n) is 5.49. The molecule has 222 valence electrons. The van der Waals surface area contributed by atoms with Gasteiger partial charge in [-0.25, -0.2) is 14.4 Å². The van der Waals surface area contributed by atoms with E-state index in [1.54, 1.807) is 9.80 Å². The van der Waals surface area contributed by atoms with Gasteiger partial charge in [-0.2, -0.15) is 0 Å². The maximum atomic E-state index is 13.0.